The summed E-state index contributed by atoms with van der Waals surface area (Å²) in [5.41, 5.74) is 1.61. The highest BCUT2D eigenvalue weighted by atomic mass is 32.2. The first-order chi connectivity index (χ1) is 15.4. The minimum Gasteiger partial charge on any atom is -0.493 e. The van der Waals surface area contributed by atoms with Crippen LogP contribution in [-0.4, -0.2) is 48.7 Å². The summed E-state index contributed by atoms with van der Waals surface area (Å²) in [6, 6.07) is 9.08. The van der Waals surface area contributed by atoms with Crippen molar-refractivity contribution in [3.63, 3.8) is 0 Å². The first-order valence-electron chi connectivity index (χ1n) is 10.0. The number of carbonyl (C=O) groups excluding carboxylic acids is 1. The predicted molar refractivity (Wildman–Crippen MR) is 124 cm³/mol. The van der Waals surface area contributed by atoms with E-state index in [0.717, 1.165) is 17.3 Å². The number of hydrogen-bond acceptors (Lipinski definition) is 8. The van der Waals surface area contributed by atoms with Gasteiger partial charge in [-0.05, 0) is 44.5 Å². The summed E-state index contributed by atoms with van der Waals surface area (Å²) in [5.74, 6) is 0.576. The van der Waals surface area contributed by atoms with E-state index in [0.29, 0.717) is 33.2 Å². The van der Waals surface area contributed by atoms with Crippen molar-refractivity contribution < 1.29 is 23.7 Å². The average Bonchev–Trinajstić information content (AvgIpc) is 2.78. The molecular weight excluding hydrogens is 432 g/mol. The number of fused-ring (bicyclic) bond motifs is 1. The lowest BCUT2D eigenvalue weighted by molar-refractivity contribution is -0.142. The van der Waals surface area contributed by atoms with Gasteiger partial charge >= 0.3 is 5.97 Å². The SMILES string of the molecule is CCOC(=O)[C@H](C)Sc1nc2c(OC)c(OC)c(OC)cc2c(=O)n1-c1cccc(C)c1. The molecule has 0 bridgehead atoms. The molecule has 3 rings (SSSR count). The third kappa shape index (κ3) is 4.38. The van der Waals surface area contributed by atoms with Crippen molar-refractivity contribution >= 4 is 28.6 Å². The van der Waals surface area contributed by atoms with Gasteiger partial charge in [0.15, 0.2) is 16.7 Å². The van der Waals surface area contributed by atoms with E-state index in [1.54, 1.807) is 19.9 Å². The van der Waals surface area contributed by atoms with Gasteiger partial charge in [-0.15, -0.1) is 0 Å². The summed E-state index contributed by atoms with van der Waals surface area (Å²) in [6.07, 6.45) is 0. The molecule has 32 heavy (non-hydrogen) atoms. The fourth-order valence-corrected chi connectivity index (χ4v) is 4.23. The monoisotopic (exact) mass is 458 g/mol. The number of aryl methyl sites for hydroxylation is 1. The molecule has 1 heterocycles. The highest BCUT2D eigenvalue weighted by Crippen LogP contribution is 2.42. The second kappa shape index (κ2) is 9.95. The summed E-state index contributed by atoms with van der Waals surface area (Å²) in [4.78, 5) is 30.7. The minimum atomic E-state index is -0.582. The number of rotatable bonds is 8. The van der Waals surface area contributed by atoms with Gasteiger partial charge in [0.05, 0.1) is 39.0 Å². The molecule has 1 atom stereocenters. The quantitative estimate of drug-likeness (QED) is 0.286. The number of ether oxygens (including phenoxy) is 4. The largest absolute Gasteiger partial charge is 0.493 e. The molecule has 0 aliphatic heterocycles. The van der Waals surface area contributed by atoms with E-state index in [9.17, 15) is 9.59 Å². The van der Waals surface area contributed by atoms with Crippen LogP contribution in [0.4, 0.5) is 0 Å². The highest BCUT2D eigenvalue weighted by molar-refractivity contribution is 8.00. The van der Waals surface area contributed by atoms with Gasteiger partial charge < -0.3 is 18.9 Å². The Morgan fingerprint density at radius 2 is 1.84 bits per heavy atom. The molecule has 0 fully saturated rings. The van der Waals surface area contributed by atoms with Crippen molar-refractivity contribution in [3.8, 4) is 22.9 Å². The molecule has 3 aromatic rings. The summed E-state index contributed by atoms with van der Waals surface area (Å²) in [7, 11) is 4.44. The number of methoxy groups -OCH3 is 3. The lowest BCUT2D eigenvalue weighted by Crippen LogP contribution is -2.24. The molecule has 0 aliphatic rings. The van der Waals surface area contributed by atoms with E-state index in [1.165, 1.54) is 25.9 Å². The van der Waals surface area contributed by atoms with E-state index in [1.807, 2.05) is 31.2 Å². The van der Waals surface area contributed by atoms with Crippen LogP contribution in [0.25, 0.3) is 16.6 Å². The molecule has 0 amide bonds. The molecule has 0 N–H and O–H groups in total. The average molecular weight is 459 g/mol. The van der Waals surface area contributed by atoms with Crippen LogP contribution in [0.5, 0.6) is 17.2 Å². The van der Waals surface area contributed by atoms with E-state index >= 15 is 0 Å². The zero-order chi connectivity index (χ0) is 23.4. The fraction of sp³-hybridized carbons (Fsp3) is 0.348. The molecule has 0 radical (unpaired) electrons. The van der Waals surface area contributed by atoms with Crippen LogP contribution in [0.15, 0.2) is 40.3 Å². The van der Waals surface area contributed by atoms with Gasteiger partial charge in [0, 0.05) is 0 Å². The third-order valence-corrected chi connectivity index (χ3v) is 5.83. The molecule has 1 aromatic heterocycles. The Balaban J connectivity index is 2.36. The zero-order valence-electron chi connectivity index (χ0n) is 18.9. The lowest BCUT2D eigenvalue weighted by atomic mass is 10.2. The molecule has 170 valence electrons. The smallest absolute Gasteiger partial charge is 0.319 e. The van der Waals surface area contributed by atoms with Crippen LogP contribution >= 0.6 is 11.8 Å². The zero-order valence-corrected chi connectivity index (χ0v) is 19.7. The standard InChI is InChI=1S/C23H26N2O6S/c1-7-31-22(27)14(3)32-23-24-18-16(12-17(28-4)19(29-5)20(18)30-6)21(26)25(23)15-10-8-9-13(2)11-15/h8-12,14H,7H2,1-6H3/t14-/m0/s1. The Bertz CT molecular complexity index is 1210. The van der Waals surface area contributed by atoms with Gasteiger partial charge in [0.2, 0.25) is 5.75 Å². The topological polar surface area (TPSA) is 88.9 Å². The second-order valence-corrected chi connectivity index (χ2v) is 8.24. The molecule has 0 unspecified atom stereocenters. The molecular formula is C23H26N2O6S. The molecule has 0 aliphatic carbocycles. The van der Waals surface area contributed by atoms with E-state index in [4.69, 9.17) is 23.9 Å². The van der Waals surface area contributed by atoms with E-state index in [-0.39, 0.29) is 23.9 Å². The summed E-state index contributed by atoms with van der Waals surface area (Å²) in [5, 5.41) is 0.0508. The maximum atomic E-state index is 13.7. The maximum absolute atomic E-state index is 13.7. The number of benzene rings is 2. The van der Waals surface area contributed by atoms with Crippen molar-refractivity contribution in [2.24, 2.45) is 0 Å². The molecule has 8 nitrogen and oxygen atoms in total. The van der Waals surface area contributed by atoms with Crippen molar-refractivity contribution in [3.05, 3.63) is 46.2 Å². The summed E-state index contributed by atoms with van der Waals surface area (Å²) in [6.45, 7) is 5.67. The molecule has 0 saturated carbocycles. The first kappa shape index (κ1) is 23.5. The number of carbonyl (C=O) groups is 1. The fourth-order valence-electron chi connectivity index (χ4n) is 3.31. The number of aromatic nitrogens is 2. The number of nitrogens with zero attached hydrogens (tertiary/aromatic N) is 2. The number of esters is 1. The van der Waals surface area contributed by atoms with Crippen LogP contribution in [0.2, 0.25) is 0 Å². The minimum absolute atomic E-state index is 0.268. The Hall–Kier alpha value is -3.20. The van der Waals surface area contributed by atoms with E-state index < -0.39 is 5.25 Å². The predicted octanol–water partition coefficient (Wildman–Crippen LogP) is 3.76. The normalized spacial score (nSPS) is 11.8. The molecule has 0 spiro atoms. The van der Waals surface area contributed by atoms with E-state index in [2.05, 4.69) is 0 Å². The maximum Gasteiger partial charge on any atom is 0.319 e. The summed E-state index contributed by atoms with van der Waals surface area (Å²) >= 11 is 1.14. The van der Waals surface area contributed by atoms with Gasteiger partial charge in [-0.2, -0.15) is 0 Å². The Labute approximate surface area is 190 Å². The van der Waals surface area contributed by atoms with Crippen molar-refractivity contribution in [2.75, 3.05) is 27.9 Å². The molecule has 0 saturated heterocycles. The van der Waals surface area contributed by atoms with Crippen LogP contribution in [0.1, 0.15) is 19.4 Å². The van der Waals surface area contributed by atoms with Gasteiger partial charge in [0.1, 0.15) is 10.8 Å². The highest BCUT2D eigenvalue weighted by Gasteiger charge is 2.25. The second-order valence-electron chi connectivity index (χ2n) is 6.93. The Morgan fingerprint density at radius 3 is 2.44 bits per heavy atom. The van der Waals surface area contributed by atoms with Crippen LogP contribution in [0, 0.1) is 6.92 Å². The van der Waals surface area contributed by atoms with Crippen molar-refractivity contribution in [2.45, 2.75) is 31.2 Å². The van der Waals surface area contributed by atoms with Gasteiger partial charge in [0.25, 0.3) is 5.56 Å². The van der Waals surface area contributed by atoms with Crippen LogP contribution < -0.4 is 19.8 Å². The van der Waals surface area contributed by atoms with Crippen LogP contribution in [-0.2, 0) is 9.53 Å². The lowest BCUT2D eigenvalue weighted by Gasteiger charge is -2.19. The molecule has 9 heteroatoms. The van der Waals surface area contributed by atoms with Gasteiger partial charge in [-0.1, -0.05) is 23.9 Å². The Morgan fingerprint density at radius 1 is 1.12 bits per heavy atom. The Kier molecular flexibility index (Phi) is 7.29. The number of thioether (sulfide) groups is 1. The first-order valence-corrected chi connectivity index (χ1v) is 10.9. The number of hydrogen-bond donors (Lipinski definition) is 0. The van der Waals surface area contributed by atoms with Crippen molar-refractivity contribution in [1.82, 2.24) is 9.55 Å². The summed E-state index contributed by atoms with van der Waals surface area (Å²) < 4.78 is 23.0. The van der Waals surface area contributed by atoms with Crippen LogP contribution in [0.3, 0.4) is 0 Å². The van der Waals surface area contributed by atoms with Crippen molar-refractivity contribution in [1.29, 1.82) is 0 Å². The molecule has 2 aromatic carbocycles. The van der Waals surface area contributed by atoms with Gasteiger partial charge in [-0.3, -0.25) is 14.2 Å². The third-order valence-electron chi connectivity index (χ3n) is 4.80. The van der Waals surface area contributed by atoms with Gasteiger partial charge in [-0.25, -0.2) is 4.98 Å².